The molecule has 2 heterocycles. The van der Waals surface area contributed by atoms with Crippen molar-refractivity contribution < 1.29 is 36.6 Å². The monoisotopic (exact) mass is 631 g/mol. The van der Waals surface area contributed by atoms with Crippen molar-refractivity contribution in [1.29, 1.82) is 0 Å². The number of nitrogens with zero attached hydrogens (tertiary/aromatic N) is 3. The SMILES string of the molecule is O=C(Nc1ccc(Cl)cc1N1CCN(CCC(F)(F)F)CC1)c1ccc(CNC(=O)N2CCCCC2CCO)c(F)c1F. The predicted octanol–water partition coefficient (Wildman–Crippen LogP) is 5.39. The number of carbonyl (C=O) groups is 2. The highest BCUT2D eigenvalue weighted by molar-refractivity contribution is 6.31. The number of piperidine rings is 1. The van der Waals surface area contributed by atoms with Crippen molar-refractivity contribution in [3.63, 3.8) is 0 Å². The normalized spacial score (nSPS) is 18.1. The van der Waals surface area contributed by atoms with Gasteiger partial charge in [0.2, 0.25) is 0 Å². The van der Waals surface area contributed by atoms with E-state index < -0.39 is 41.7 Å². The summed E-state index contributed by atoms with van der Waals surface area (Å²) in [7, 11) is 0. The molecular weight excluding hydrogens is 597 g/mol. The van der Waals surface area contributed by atoms with Crippen LogP contribution >= 0.6 is 11.6 Å². The largest absolute Gasteiger partial charge is 0.396 e. The number of halogens is 6. The minimum atomic E-state index is -4.24. The fourth-order valence-electron chi connectivity index (χ4n) is 5.45. The molecule has 1 atom stereocenters. The first kappa shape index (κ1) is 32.7. The smallest absolute Gasteiger partial charge is 0.390 e. The number of piperazine rings is 1. The highest BCUT2D eigenvalue weighted by Gasteiger charge is 2.30. The molecule has 0 bridgehead atoms. The van der Waals surface area contributed by atoms with Gasteiger partial charge in [0.1, 0.15) is 0 Å². The maximum Gasteiger partial charge on any atom is 0.390 e. The molecule has 2 aromatic rings. The topological polar surface area (TPSA) is 88.2 Å². The van der Waals surface area contributed by atoms with Gasteiger partial charge < -0.3 is 25.5 Å². The third kappa shape index (κ3) is 8.70. The van der Waals surface area contributed by atoms with Crippen LogP contribution in [0.5, 0.6) is 0 Å². The molecule has 0 radical (unpaired) electrons. The molecule has 3 amide bonds. The van der Waals surface area contributed by atoms with Crippen LogP contribution in [0.15, 0.2) is 30.3 Å². The summed E-state index contributed by atoms with van der Waals surface area (Å²) >= 11 is 6.18. The van der Waals surface area contributed by atoms with Gasteiger partial charge >= 0.3 is 12.2 Å². The van der Waals surface area contributed by atoms with Crippen LogP contribution in [-0.4, -0.2) is 84.9 Å². The van der Waals surface area contributed by atoms with E-state index in [1.54, 1.807) is 15.9 Å². The molecular formula is C29H35ClF5N5O3. The molecule has 236 valence electrons. The Labute approximate surface area is 251 Å². The van der Waals surface area contributed by atoms with E-state index in [0.717, 1.165) is 25.3 Å². The fraction of sp³-hybridized carbons (Fsp3) is 0.517. The zero-order valence-electron chi connectivity index (χ0n) is 23.5. The molecule has 14 heteroatoms. The lowest BCUT2D eigenvalue weighted by Gasteiger charge is -2.37. The maximum absolute atomic E-state index is 15.1. The number of hydrogen-bond donors (Lipinski definition) is 3. The van der Waals surface area contributed by atoms with Gasteiger partial charge in [-0.15, -0.1) is 0 Å². The van der Waals surface area contributed by atoms with Crippen LogP contribution in [0.1, 0.15) is 48.0 Å². The van der Waals surface area contributed by atoms with Crippen molar-refractivity contribution in [3.05, 3.63) is 58.1 Å². The van der Waals surface area contributed by atoms with E-state index in [-0.39, 0.29) is 37.0 Å². The summed E-state index contributed by atoms with van der Waals surface area (Å²) < 4.78 is 67.9. The van der Waals surface area contributed by atoms with Gasteiger partial charge in [0.05, 0.1) is 23.4 Å². The number of nitrogens with one attached hydrogen (secondary N) is 2. The number of aliphatic hydroxyl groups excluding tert-OH is 1. The van der Waals surface area contributed by atoms with Crippen LogP contribution in [0.4, 0.5) is 38.1 Å². The number of aliphatic hydroxyl groups is 1. The van der Waals surface area contributed by atoms with E-state index in [4.69, 9.17) is 11.6 Å². The predicted molar refractivity (Wildman–Crippen MR) is 153 cm³/mol. The van der Waals surface area contributed by atoms with Crippen LogP contribution in [0.25, 0.3) is 0 Å². The zero-order chi connectivity index (χ0) is 31.1. The minimum absolute atomic E-state index is 0.0582. The van der Waals surface area contributed by atoms with Crippen molar-refractivity contribution in [1.82, 2.24) is 15.1 Å². The van der Waals surface area contributed by atoms with Gasteiger partial charge in [-0.3, -0.25) is 9.69 Å². The van der Waals surface area contributed by atoms with Gasteiger partial charge in [-0.1, -0.05) is 17.7 Å². The summed E-state index contributed by atoms with van der Waals surface area (Å²) in [6.07, 6.45) is -2.18. The van der Waals surface area contributed by atoms with Crippen LogP contribution in [-0.2, 0) is 6.54 Å². The summed E-state index contributed by atoms with van der Waals surface area (Å²) in [6, 6.07) is 6.46. The molecule has 2 fully saturated rings. The number of rotatable bonds is 9. The Hall–Kier alpha value is -3.16. The second kappa shape index (κ2) is 14.5. The number of hydrogen-bond acceptors (Lipinski definition) is 5. The molecule has 0 aromatic heterocycles. The highest BCUT2D eigenvalue weighted by Crippen LogP contribution is 2.31. The molecule has 0 saturated carbocycles. The lowest BCUT2D eigenvalue weighted by molar-refractivity contribution is -0.138. The maximum atomic E-state index is 15.1. The highest BCUT2D eigenvalue weighted by atomic mass is 35.5. The van der Waals surface area contributed by atoms with Crippen molar-refractivity contribution in [3.8, 4) is 0 Å². The molecule has 2 saturated heterocycles. The van der Waals surface area contributed by atoms with E-state index in [9.17, 15) is 32.3 Å². The third-order valence-electron chi connectivity index (χ3n) is 7.82. The van der Waals surface area contributed by atoms with Gasteiger partial charge in [-0.05, 0) is 49.9 Å². The van der Waals surface area contributed by atoms with E-state index in [2.05, 4.69) is 10.6 Å². The number of amides is 3. The summed E-state index contributed by atoms with van der Waals surface area (Å²) in [5.74, 6) is -3.53. The average molecular weight is 632 g/mol. The number of likely N-dealkylation sites (tertiary alicyclic amines) is 1. The zero-order valence-corrected chi connectivity index (χ0v) is 24.3. The van der Waals surface area contributed by atoms with Crippen molar-refractivity contribution in [2.45, 2.75) is 50.9 Å². The lowest BCUT2D eigenvalue weighted by Crippen LogP contribution is -2.48. The van der Waals surface area contributed by atoms with Crippen LogP contribution in [0.3, 0.4) is 0 Å². The molecule has 1 unspecified atom stereocenters. The van der Waals surface area contributed by atoms with Gasteiger partial charge in [0.25, 0.3) is 5.91 Å². The Morgan fingerprint density at radius 3 is 2.44 bits per heavy atom. The number of urea groups is 1. The van der Waals surface area contributed by atoms with E-state index in [1.807, 2.05) is 4.90 Å². The van der Waals surface area contributed by atoms with Gasteiger partial charge in [-0.2, -0.15) is 13.2 Å². The molecule has 4 rings (SSSR count). The first-order chi connectivity index (χ1) is 20.5. The van der Waals surface area contributed by atoms with Gasteiger partial charge in [0.15, 0.2) is 11.6 Å². The Bertz CT molecular complexity index is 1290. The van der Waals surface area contributed by atoms with Crippen molar-refractivity contribution in [2.75, 3.05) is 56.1 Å². The van der Waals surface area contributed by atoms with E-state index in [0.29, 0.717) is 49.9 Å². The Morgan fingerprint density at radius 1 is 1.00 bits per heavy atom. The second-order valence-electron chi connectivity index (χ2n) is 10.7. The number of anilines is 2. The summed E-state index contributed by atoms with van der Waals surface area (Å²) in [6.45, 7) is 1.54. The first-order valence-electron chi connectivity index (χ1n) is 14.2. The summed E-state index contributed by atoms with van der Waals surface area (Å²) in [5, 5.41) is 14.8. The Balaban J connectivity index is 1.40. The molecule has 2 aromatic carbocycles. The summed E-state index contributed by atoms with van der Waals surface area (Å²) in [4.78, 5) is 30.9. The number of carbonyl (C=O) groups excluding carboxylic acids is 2. The van der Waals surface area contributed by atoms with Crippen LogP contribution < -0.4 is 15.5 Å². The van der Waals surface area contributed by atoms with Crippen molar-refractivity contribution >= 4 is 34.9 Å². The number of benzene rings is 2. The molecule has 0 aliphatic carbocycles. The molecule has 43 heavy (non-hydrogen) atoms. The molecule has 2 aliphatic heterocycles. The van der Waals surface area contributed by atoms with Crippen molar-refractivity contribution in [2.24, 2.45) is 0 Å². The summed E-state index contributed by atoms with van der Waals surface area (Å²) in [5.41, 5.74) is 0.125. The average Bonchev–Trinajstić information content (AvgIpc) is 2.98. The molecule has 8 nitrogen and oxygen atoms in total. The van der Waals surface area contributed by atoms with Gasteiger partial charge in [0, 0.05) is 69.0 Å². The van der Waals surface area contributed by atoms with E-state index >= 15 is 4.39 Å². The number of alkyl halides is 3. The van der Waals surface area contributed by atoms with Crippen LogP contribution in [0, 0.1) is 11.6 Å². The Kier molecular flexibility index (Phi) is 11.1. The molecule has 0 spiro atoms. The minimum Gasteiger partial charge on any atom is -0.396 e. The third-order valence-corrected chi connectivity index (χ3v) is 8.05. The molecule has 3 N–H and O–H groups in total. The second-order valence-corrected chi connectivity index (χ2v) is 11.2. The Morgan fingerprint density at radius 2 is 1.74 bits per heavy atom. The lowest BCUT2D eigenvalue weighted by atomic mass is 10.00. The van der Waals surface area contributed by atoms with E-state index in [1.165, 1.54) is 18.2 Å². The van der Waals surface area contributed by atoms with Crippen LogP contribution in [0.2, 0.25) is 5.02 Å². The van der Waals surface area contributed by atoms with Gasteiger partial charge in [-0.25, -0.2) is 13.6 Å². The standard InChI is InChI=1S/C29H35ClF5N5O3/c30-20-5-7-23(24(17-20)39-14-12-38(13-15-39)11-9-29(33,34)35)37-27(42)22-6-4-19(25(31)26(22)32)18-36-28(43)40-10-2-1-3-21(40)8-16-41/h4-7,17,21,41H,1-3,8-16,18H2,(H,36,43)(H,37,42). The fourth-order valence-corrected chi connectivity index (χ4v) is 5.62. The first-order valence-corrected chi connectivity index (χ1v) is 14.6. The molecule has 2 aliphatic rings. The quantitative estimate of drug-likeness (QED) is 0.323.